The molecule has 0 bridgehead atoms. The standard InChI is InChI=1S/C40H42ClN7O8/c1-44(25-16-27(17-25)56-26-5-6-28-29(18-26)40(53)47(39(28)52)33-8-9-36(49)43-38(33)51)21-22-11-13-46(14-12-22)34-20-31(30(41)19-35(34)48(54)55)42-24-4-7-32-23(15-24)3-10-37(50)45(32)2/h4-7,15,18-20,22,25,27,33,42H,3,8-14,16-17,21H2,1-2H3,(H,43,49,51)/t25-,27-,33?. The highest BCUT2D eigenvalue weighted by Crippen LogP contribution is 2.41. The van der Waals surface area contributed by atoms with Gasteiger partial charge in [0.25, 0.3) is 17.5 Å². The highest BCUT2D eigenvalue weighted by Gasteiger charge is 2.45. The number of aryl methyl sites for hydroxylation is 1. The molecular formula is C40H42ClN7O8. The molecule has 0 spiro atoms. The number of nitrogens with one attached hydrogen (secondary N) is 2. The number of fused-ring (bicyclic) bond motifs is 2. The van der Waals surface area contributed by atoms with Crippen LogP contribution >= 0.6 is 11.6 Å². The van der Waals surface area contributed by atoms with E-state index in [1.54, 1.807) is 36.2 Å². The van der Waals surface area contributed by atoms with Gasteiger partial charge in [-0.2, -0.15) is 0 Å². The first-order valence-electron chi connectivity index (χ1n) is 19.0. The molecule has 3 aromatic carbocycles. The van der Waals surface area contributed by atoms with Crippen molar-refractivity contribution in [2.75, 3.05) is 48.8 Å². The van der Waals surface area contributed by atoms with Gasteiger partial charge in [-0.25, -0.2) is 0 Å². The number of nitro benzene ring substituents is 1. The third-order valence-electron chi connectivity index (χ3n) is 11.9. The second kappa shape index (κ2) is 14.8. The lowest BCUT2D eigenvalue weighted by atomic mass is 9.86. The van der Waals surface area contributed by atoms with Gasteiger partial charge in [-0.05, 0) is 86.7 Å². The number of carbonyl (C=O) groups excluding carboxylic acids is 5. The minimum absolute atomic E-state index is 0.0341. The number of rotatable bonds is 10. The molecule has 4 heterocycles. The van der Waals surface area contributed by atoms with Crippen molar-refractivity contribution in [2.45, 2.75) is 69.6 Å². The van der Waals surface area contributed by atoms with Crippen molar-refractivity contribution in [3.63, 3.8) is 0 Å². The van der Waals surface area contributed by atoms with E-state index in [9.17, 15) is 34.1 Å². The number of hydrogen-bond acceptors (Lipinski definition) is 11. The number of piperidine rings is 2. The molecule has 1 saturated carbocycles. The Morgan fingerprint density at radius 1 is 0.929 bits per heavy atom. The van der Waals surface area contributed by atoms with Gasteiger partial charge in [0.05, 0.1) is 26.8 Å². The van der Waals surface area contributed by atoms with E-state index in [4.69, 9.17) is 16.3 Å². The van der Waals surface area contributed by atoms with Crippen molar-refractivity contribution in [1.29, 1.82) is 0 Å². The predicted molar refractivity (Wildman–Crippen MR) is 208 cm³/mol. The summed E-state index contributed by atoms with van der Waals surface area (Å²) in [6.07, 6.45) is 4.53. The fraction of sp³-hybridized carbons (Fsp3) is 0.425. The largest absolute Gasteiger partial charge is 0.490 e. The molecule has 5 amide bonds. The normalized spacial score (nSPS) is 22.5. The summed E-state index contributed by atoms with van der Waals surface area (Å²) >= 11 is 6.58. The van der Waals surface area contributed by atoms with Crippen LogP contribution < -0.4 is 25.2 Å². The number of amides is 5. The summed E-state index contributed by atoms with van der Waals surface area (Å²) in [4.78, 5) is 81.1. The molecular weight excluding hydrogens is 742 g/mol. The van der Waals surface area contributed by atoms with E-state index in [0.717, 1.165) is 54.1 Å². The van der Waals surface area contributed by atoms with Crippen LogP contribution in [0, 0.1) is 16.0 Å². The molecule has 292 valence electrons. The molecule has 8 rings (SSSR count). The highest BCUT2D eigenvalue weighted by atomic mass is 35.5. The number of carbonyl (C=O) groups is 5. The van der Waals surface area contributed by atoms with Crippen molar-refractivity contribution in [2.24, 2.45) is 5.92 Å². The Hall–Kier alpha value is -5.54. The predicted octanol–water partition coefficient (Wildman–Crippen LogP) is 5.06. The first kappa shape index (κ1) is 37.4. The van der Waals surface area contributed by atoms with Crippen molar-refractivity contribution >= 4 is 69.6 Å². The summed E-state index contributed by atoms with van der Waals surface area (Å²) in [5.74, 6) is -1.21. The lowest BCUT2D eigenvalue weighted by molar-refractivity contribution is -0.384. The van der Waals surface area contributed by atoms with Gasteiger partial charge in [-0.15, -0.1) is 0 Å². The summed E-state index contributed by atoms with van der Waals surface area (Å²) in [7, 11) is 3.87. The van der Waals surface area contributed by atoms with Crippen LogP contribution in [0.3, 0.4) is 0 Å². The van der Waals surface area contributed by atoms with Gasteiger partial charge in [0.1, 0.15) is 23.6 Å². The monoisotopic (exact) mass is 783 g/mol. The second-order valence-electron chi connectivity index (χ2n) is 15.4. The Morgan fingerprint density at radius 2 is 1.68 bits per heavy atom. The molecule has 0 radical (unpaired) electrons. The first-order chi connectivity index (χ1) is 26.8. The van der Waals surface area contributed by atoms with E-state index >= 15 is 0 Å². The SMILES string of the molecule is CN1C(=O)CCc2cc(Nc3cc(N4CCC(CN(C)[C@H]5C[C@H](Oc6ccc7c(c6)C(=O)N(C6CCC(=O)NC6=O)C7=O)C5)CC4)c([N+](=O)[O-])cc3Cl)ccc21. The lowest BCUT2D eigenvalue weighted by Crippen LogP contribution is -2.54. The summed E-state index contributed by atoms with van der Waals surface area (Å²) in [6, 6.07) is 13.0. The van der Waals surface area contributed by atoms with Crippen molar-refractivity contribution in [1.82, 2.24) is 15.1 Å². The Morgan fingerprint density at radius 3 is 2.41 bits per heavy atom. The minimum Gasteiger partial charge on any atom is -0.490 e. The van der Waals surface area contributed by atoms with Crippen molar-refractivity contribution < 1.29 is 33.6 Å². The molecule has 2 saturated heterocycles. The quantitative estimate of drug-likeness (QED) is 0.160. The number of imide groups is 2. The van der Waals surface area contributed by atoms with Gasteiger partial charge in [0, 0.05) is 75.8 Å². The molecule has 0 aromatic heterocycles. The maximum absolute atomic E-state index is 13.2. The van der Waals surface area contributed by atoms with Crippen LogP contribution in [0.15, 0.2) is 48.5 Å². The van der Waals surface area contributed by atoms with Crippen LogP contribution in [0.5, 0.6) is 5.75 Å². The van der Waals surface area contributed by atoms with E-state index in [-0.39, 0.29) is 51.6 Å². The fourth-order valence-corrected chi connectivity index (χ4v) is 8.76. The lowest BCUT2D eigenvalue weighted by Gasteiger charge is -2.43. The Labute approximate surface area is 328 Å². The Balaban J connectivity index is 0.840. The summed E-state index contributed by atoms with van der Waals surface area (Å²) in [6.45, 7) is 2.21. The van der Waals surface area contributed by atoms with Gasteiger partial charge < -0.3 is 24.8 Å². The molecule has 15 nitrogen and oxygen atoms in total. The maximum atomic E-state index is 13.2. The Bertz CT molecular complexity index is 2170. The third kappa shape index (κ3) is 7.05. The van der Waals surface area contributed by atoms with Gasteiger partial charge in [-0.1, -0.05) is 11.6 Å². The molecule has 1 aliphatic carbocycles. The number of halogens is 1. The van der Waals surface area contributed by atoms with Crippen LogP contribution in [0.2, 0.25) is 5.02 Å². The van der Waals surface area contributed by atoms with Crippen molar-refractivity contribution in [3.8, 4) is 5.75 Å². The molecule has 56 heavy (non-hydrogen) atoms. The average molecular weight is 784 g/mol. The van der Waals surface area contributed by atoms with Crippen LogP contribution in [0.25, 0.3) is 0 Å². The van der Waals surface area contributed by atoms with Gasteiger partial charge >= 0.3 is 0 Å². The highest BCUT2D eigenvalue weighted by molar-refractivity contribution is 6.33. The zero-order valence-electron chi connectivity index (χ0n) is 31.1. The molecule has 16 heteroatoms. The van der Waals surface area contributed by atoms with Crippen molar-refractivity contribution in [3.05, 3.63) is 80.4 Å². The zero-order chi connectivity index (χ0) is 39.4. The average Bonchev–Trinajstić information content (AvgIpc) is 3.40. The van der Waals surface area contributed by atoms with Gasteiger partial charge in [-0.3, -0.25) is 44.3 Å². The van der Waals surface area contributed by atoms with E-state index in [1.807, 2.05) is 18.2 Å². The molecule has 2 N–H and O–H groups in total. The van der Waals surface area contributed by atoms with Gasteiger partial charge in [0.15, 0.2) is 0 Å². The number of nitro groups is 1. The first-order valence-corrected chi connectivity index (χ1v) is 19.3. The molecule has 4 aliphatic heterocycles. The third-order valence-corrected chi connectivity index (χ3v) is 12.2. The molecule has 3 aromatic rings. The molecule has 1 atom stereocenters. The van der Waals surface area contributed by atoms with Crippen LogP contribution in [-0.2, 0) is 20.8 Å². The van der Waals surface area contributed by atoms with E-state index < -0.39 is 29.7 Å². The minimum atomic E-state index is -1.02. The number of anilines is 4. The summed E-state index contributed by atoms with van der Waals surface area (Å²) in [5, 5.41) is 17.9. The number of nitrogens with zero attached hydrogens (tertiary/aromatic N) is 5. The smallest absolute Gasteiger partial charge is 0.294 e. The summed E-state index contributed by atoms with van der Waals surface area (Å²) in [5.41, 5.74) is 4.18. The Kier molecular flexibility index (Phi) is 9.91. The number of ether oxygens (including phenoxy) is 1. The number of benzene rings is 3. The molecule has 3 fully saturated rings. The topological polar surface area (TPSA) is 175 Å². The van der Waals surface area contributed by atoms with Crippen LogP contribution in [-0.4, -0.2) is 96.2 Å². The van der Waals surface area contributed by atoms with E-state index in [1.165, 1.54) is 6.07 Å². The van der Waals surface area contributed by atoms with Crippen LogP contribution in [0.4, 0.5) is 28.4 Å². The zero-order valence-corrected chi connectivity index (χ0v) is 31.8. The second-order valence-corrected chi connectivity index (χ2v) is 15.8. The number of hydrogen-bond donors (Lipinski definition) is 2. The van der Waals surface area contributed by atoms with E-state index in [2.05, 4.69) is 27.5 Å². The summed E-state index contributed by atoms with van der Waals surface area (Å²) < 4.78 is 6.20. The van der Waals surface area contributed by atoms with Gasteiger partial charge in [0.2, 0.25) is 17.7 Å². The maximum Gasteiger partial charge on any atom is 0.294 e. The van der Waals surface area contributed by atoms with Crippen LogP contribution in [0.1, 0.15) is 71.2 Å². The molecule has 1 unspecified atom stereocenters. The molecule has 5 aliphatic rings. The fourth-order valence-electron chi connectivity index (χ4n) is 8.56. The van der Waals surface area contributed by atoms with E-state index in [0.29, 0.717) is 55.0 Å².